The number of allylic oxidation sites excluding steroid dienone is 1. The first kappa shape index (κ1) is 25.3. The molecule has 5 atom stereocenters. The van der Waals surface area contributed by atoms with Crippen LogP contribution in [0.2, 0.25) is 0 Å². The lowest BCUT2D eigenvalue weighted by molar-refractivity contribution is -0.304. The van der Waals surface area contributed by atoms with E-state index in [0.717, 1.165) is 24.0 Å². The topological polar surface area (TPSA) is 132 Å². The van der Waals surface area contributed by atoms with Gasteiger partial charge in [0.25, 0.3) is 0 Å². The number of aliphatic hydroxyl groups excluding tert-OH is 3. The molecule has 1 aliphatic heterocycles. The maximum atomic E-state index is 11.4. The van der Waals surface area contributed by atoms with Crippen molar-refractivity contribution in [3.8, 4) is 0 Å². The highest BCUT2D eigenvalue weighted by atomic mass is 16.7. The first-order valence-corrected chi connectivity index (χ1v) is 9.52. The van der Waals surface area contributed by atoms with Crippen molar-refractivity contribution in [1.29, 1.82) is 0 Å². The predicted molar refractivity (Wildman–Crippen MR) is 103 cm³/mol. The minimum atomic E-state index is -1.46. The van der Waals surface area contributed by atoms with Gasteiger partial charge in [-0.05, 0) is 26.2 Å². The molecule has 0 radical (unpaired) electrons. The third kappa shape index (κ3) is 9.05. The minimum Gasteiger partial charge on any atom is -0.463 e. The Morgan fingerprint density at radius 3 is 2.38 bits per heavy atom. The van der Waals surface area contributed by atoms with Gasteiger partial charge in [-0.2, -0.15) is 0 Å². The fourth-order valence-electron chi connectivity index (χ4n) is 2.73. The van der Waals surface area contributed by atoms with Crippen LogP contribution in [0.25, 0.3) is 0 Å². The van der Waals surface area contributed by atoms with E-state index < -0.39 is 42.6 Å². The van der Waals surface area contributed by atoms with Gasteiger partial charge in [0.2, 0.25) is 0 Å². The lowest BCUT2D eigenvalue weighted by atomic mass is 9.99. The summed E-state index contributed by atoms with van der Waals surface area (Å²) in [7, 11) is 0. The third-order valence-corrected chi connectivity index (χ3v) is 4.38. The van der Waals surface area contributed by atoms with Gasteiger partial charge < -0.3 is 34.3 Å². The molecule has 1 rings (SSSR count). The number of hydrogen-bond acceptors (Lipinski definition) is 9. The quantitative estimate of drug-likeness (QED) is 0.327. The second kappa shape index (κ2) is 12.7. The fourth-order valence-corrected chi connectivity index (χ4v) is 2.73. The first-order valence-electron chi connectivity index (χ1n) is 9.52. The lowest BCUT2D eigenvalue weighted by Gasteiger charge is -2.41. The largest absolute Gasteiger partial charge is 0.463 e. The van der Waals surface area contributed by atoms with E-state index in [2.05, 4.69) is 6.58 Å². The molecule has 1 aliphatic rings. The summed E-state index contributed by atoms with van der Waals surface area (Å²) in [6, 6.07) is 0. The molecule has 0 aromatic rings. The lowest BCUT2D eigenvalue weighted by Crippen LogP contribution is -2.60. The summed E-state index contributed by atoms with van der Waals surface area (Å²) in [5.74, 6) is -1.22. The smallest absolute Gasteiger partial charge is 0.303 e. The Balaban J connectivity index is 2.63. The summed E-state index contributed by atoms with van der Waals surface area (Å²) in [5.41, 5.74) is 1.81. The van der Waals surface area contributed by atoms with E-state index in [4.69, 9.17) is 24.1 Å². The molecule has 0 aromatic heterocycles. The van der Waals surface area contributed by atoms with Crippen LogP contribution in [-0.4, -0.2) is 77.8 Å². The Bertz CT molecular complexity index is 585. The van der Waals surface area contributed by atoms with Crippen LogP contribution >= 0.6 is 0 Å². The zero-order valence-electron chi connectivity index (χ0n) is 17.2. The van der Waals surface area contributed by atoms with Gasteiger partial charge in [-0.15, -0.1) is 0 Å². The second-order valence-corrected chi connectivity index (χ2v) is 7.02. The highest BCUT2D eigenvalue weighted by molar-refractivity contribution is 5.66. The molecule has 0 aliphatic carbocycles. The van der Waals surface area contributed by atoms with Crippen molar-refractivity contribution in [3.63, 3.8) is 0 Å². The van der Waals surface area contributed by atoms with Crippen molar-refractivity contribution >= 4 is 11.9 Å². The van der Waals surface area contributed by atoms with Crippen LogP contribution in [0.1, 0.15) is 40.0 Å². The summed E-state index contributed by atoms with van der Waals surface area (Å²) >= 11 is 0. The van der Waals surface area contributed by atoms with Gasteiger partial charge in [0.05, 0.1) is 13.2 Å². The highest BCUT2D eigenvalue weighted by Crippen LogP contribution is 2.25. The van der Waals surface area contributed by atoms with Crippen molar-refractivity contribution in [3.05, 3.63) is 23.8 Å². The zero-order chi connectivity index (χ0) is 22.0. The molecule has 1 heterocycles. The van der Waals surface area contributed by atoms with E-state index in [-0.39, 0.29) is 19.8 Å². The molecular formula is C20H32O9. The number of aliphatic hydroxyl groups is 3. The van der Waals surface area contributed by atoms with Crippen LogP contribution in [0.5, 0.6) is 0 Å². The summed E-state index contributed by atoms with van der Waals surface area (Å²) < 4.78 is 21.1. The molecule has 5 unspecified atom stereocenters. The molecule has 3 N–H and O–H groups in total. The van der Waals surface area contributed by atoms with Gasteiger partial charge in [-0.25, -0.2) is 0 Å². The van der Waals surface area contributed by atoms with Crippen LogP contribution in [0.4, 0.5) is 0 Å². The number of hydrogen-bond donors (Lipinski definition) is 3. The van der Waals surface area contributed by atoms with Gasteiger partial charge in [0, 0.05) is 13.8 Å². The fraction of sp³-hybridized carbons (Fsp3) is 0.700. The van der Waals surface area contributed by atoms with E-state index in [1.54, 1.807) is 0 Å². The molecule has 29 heavy (non-hydrogen) atoms. The minimum absolute atomic E-state index is 0.0226. The van der Waals surface area contributed by atoms with E-state index in [1.165, 1.54) is 13.8 Å². The molecule has 0 saturated carbocycles. The molecule has 0 amide bonds. The van der Waals surface area contributed by atoms with E-state index in [9.17, 15) is 19.8 Å². The van der Waals surface area contributed by atoms with E-state index >= 15 is 0 Å². The molecule has 0 bridgehead atoms. The van der Waals surface area contributed by atoms with Crippen LogP contribution in [0.3, 0.4) is 0 Å². The summed E-state index contributed by atoms with van der Waals surface area (Å²) in [6.07, 6.45) is -2.37. The number of ether oxygens (including phenoxy) is 4. The van der Waals surface area contributed by atoms with Crippen molar-refractivity contribution in [2.24, 2.45) is 0 Å². The Morgan fingerprint density at radius 2 is 1.79 bits per heavy atom. The summed E-state index contributed by atoms with van der Waals surface area (Å²) in [6.45, 7) is 8.13. The van der Waals surface area contributed by atoms with Crippen molar-refractivity contribution in [2.75, 3.05) is 19.8 Å². The Kier molecular flexibility index (Phi) is 11.1. The van der Waals surface area contributed by atoms with Crippen molar-refractivity contribution < 1.29 is 43.9 Å². The highest BCUT2D eigenvalue weighted by Gasteiger charge is 2.47. The van der Waals surface area contributed by atoms with Gasteiger partial charge in [0.15, 0.2) is 12.4 Å². The van der Waals surface area contributed by atoms with Gasteiger partial charge in [-0.1, -0.05) is 23.8 Å². The summed E-state index contributed by atoms with van der Waals surface area (Å²) in [4.78, 5) is 22.4. The maximum Gasteiger partial charge on any atom is 0.303 e. The average molecular weight is 416 g/mol. The second-order valence-electron chi connectivity index (χ2n) is 7.02. The molecule has 9 nitrogen and oxygen atoms in total. The van der Waals surface area contributed by atoms with Gasteiger partial charge in [0.1, 0.15) is 24.9 Å². The number of carbonyl (C=O) groups excluding carboxylic acids is 2. The number of rotatable bonds is 11. The Labute approximate surface area is 170 Å². The van der Waals surface area contributed by atoms with Crippen molar-refractivity contribution in [1.82, 2.24) is 0 Å². The van der Waals surface area contributed by atoms with Crippen LogP contribution < -0.4 is 0 Å². The first-order chi connectivity index (χ1) is 13.6. The van der Waals surface area contributed by atoms with Crippen molar-refractivity contribution in [2.45, 2.75) is 70.7 Å². The Morgan fingerprint density at radius 1 is 1.10 bits per heavy atom. The molecule has 9 heteroatoms. The molecule has 0 spiro atoms. The van der Waals surface area contributed by atoms with Gasteiger partial charge >= 0.3 is 11.9 Å². The van der Waals surface area contributed by atoms with Gasteiger partial charge in [-0.3, -0.25) is 9.59 Å². The molecule has 0 aromatic carbocycles. The molecule has 1 fully saturated rings. The normalized spacial score (nSPS) is 27.4. The van der Waals surface area contributed by atoms with Crippen LogP contribution in [0, 0.1) is 0 Å². The zero-order valence-corrected chi connectivity index (χ0v) is 17.2. The predicted octanol–water partition coefficient (Wildman–Crippen LogP) is 0.610. The molecular weight excluding hydrogens is 384 g/mol. The standard InChI is InChI=1S/C20H32O9/c1-12(6-5-7-13(2)10-21)8-9-26-20-19(28-15(4)23)18(25)17(24)16(29-20)11-27-14(3)22/h7,16-21,24-25H,1,5-6,8-11H2,2-4H3. The summed E-state index contributed by atoms with van der Waals surface area (Å²) in [5, 5.41) is 29.5. The van der Waals surface area contributed by atoms with E-state index in [1.807, 2.05) is 13.0 Å². The molecule has 166 valence electrons. The third-order valence-electron chi connectivity index (χ3n) is 4.38. The number of esters is 2. The Hall–Kier alpha value is -1.78. The van der Waals surface area contributed by atoms with Crippen LogP contribution in [-0.2, 0) is 28.5 Å². The number of carbonyl (C=O) groups is 2. The molecule has 1 saturated heterocycles. The van der Waals surface area contributed by atoms with Crippen LogP contribution in [0.15, 0.2) is 23.8 Å². The average Bonchev–Trinajstić information content (AvgIpc) is 2.65. The maximum absolute atomic E-state index is 11.4. The van der Waals surface area contributed by atoms with E-state index in [0.29, 0.717) is 6.42 Å². The monoisotopic (exact) mass is 416 g/mol. The SMILES string of the molecule is C=C(CCC=C(C)CO)CCOC1OC(COC(C)=O)C(O)C(O)C1OC(C)=O.